The maximum Gasteiger partial charge on any atom is 0.258 e. The molecule has 1 aromatic heterocycles. The lowest BCUT2D eigenvalue weighted by molar-refractivity contribution is -0.113. The predicted octanol–water partition coefficient (Wildman–Crippen LogP) is 4.36. The normalized spacial score (nSPS) is 14.5. The van der Waals surface area contributed by atoms with E-state index in [9.17, 15) is 14.4 Å². The van der Waals surface area contributed by atoms with E-state index in [0.29, 0.717) is 51.6 Å². The van der Waals surface area contributed by atoms with Gasteiger partial charge >= 0.3 is 0 Å². The molecule has 1 aliphatic rings. The number of nitrogens with one attached hydrogen (secondary N) is 2. The van der Waals surface area contributed by atoms with Crippen LogP contribution in [0, 0.1) is 6.92 Å². The molecule has 4 N–H and O–H groups in total. The Morgan fingerprint density at radius 2 is 1.87 bits per heavy atom. The number of rotatable bonds is 13. The number of aromatic amines is 1. The number of anilines is 3. The van der Waals surface area contributed by atoms with E-state index >= 15 is 0 Å². The number of hydrogen-bond acceptors (Lipinski definition) is 9. The van der Waals surface area contributed by atoms with Crippen molar-refractivity contribution in [1.82, 2.24) is 19.8 Å². The molecule has 12 nitrogen and oxygen atoms in total. The van der Waals surface area contributed by atoms with Crippen molar-refractivity contribution in [1.29, 1.82) is 0 Å². The molecule has 4 aromatic rings. The number of unbranched alkanes of at least 4 members (excludes halogenated alkanes) is 1. The maximum absolute atomic E-state index is 13.7. The highest BCUT2D eigenvalue weighted by Gasteiger charge is 2.23. The molecule has 2 amide bonds. The number of nitrogens with zero attached hydrogens (tertiary/aromatic N) is 4. The van der Waals surface area contributed by atoms with Gasteiger partial charge in [-0.25, -0.2) is 4.98 Å². The second kappa shape index (κ2) is 15.1. The van der Waals surface area contributed by atoms with Gasteiger partial charge in [-0.3, -0.25) is 14.5 Å². The Labute approximate surface area is 274 Å². The van der Waals surface area contributed by atoms with Gasteiger partial charge in [0.25, 0.3) is 11.8 Å². The number of methoxy groups -OCH3 is 1. The Kier molecular flexibility index (Phi) is 10.7. The zero-order chi connectivity index (χ0) is 33.5. The number of H-pyrrole nitrogens is 1. The number of aromatic nitrogens is 2. The fourth-order valence-electron chi connectivity index (χ4n) is 5.80. The van der Waals surface area contributed by atoms with Gasteiger partial charge in [-0.2, -0.15) is 0 Å². The van der Waals surface area contributed by atoms with Gasteiger partial charge in [0.1, 0.15) is 23.3 Å². The summed E-state index contributed by atoms with van der Waals surface area (Å²) >= 11 is 0. The fourth-order valence-corrected chi connectivity index (χ4v) is 5.80. The van der Waals surface area contributed by atoms with Gasteiger partial charge in [0, 0.05) is 38.8 Å². The molecule has 1 atom stereocenters. The SMILES string of the molecule is COc1cc(C(=O)N(C)c2ccc(C)cc2OCCCCC(C=O)N2CCN(C)CC2)ccc1NC(=O)c1cccc2[nH]c(N)nc12. The van der Waals surface area contributed by atoms with E-state index in [1.807, 2.05) is 25.1 Å². The highest BCUT2D eigenvalue weighted by atomic mass is 16.5. The second-order valence-electron chi connectivity index (χ2n) is 11.9. The quantitative estimate of drug-likeness (QED) is 0.143. The first-order valence-corrected chi connectivity index (χ1v) is 15.8. The average Bonchev–Trinajstić information content (AvgIpc) is 3.46. The van der Waals surface area contributed by atoms with Gasteiger partial charge in [-0.05, 0) is 81.3 Å². The first-order valence-electron chi connectivity index (χ1n) is 15.8. The second-order valence-corrected chi connectivity index (χ2v) is 11.9. The van der Waals surface area contributed by atoms with Crippen molar-refractivity contribution in [3.05, 3.63) is 71.3 Å². The third kappa shape index (κ3) is 7.90. The van der Waals surface area contributed by atoms with Crippen molar-refractivity contribution in [3.8, 4) is 11.5 Å². The largest absolute Gasteiger partial charge is 0.495 e. The minimum atomic E-state index is -0.390. The molecule has 12 heteroatoms. The minimum Gasteiger partial charge on any atom is -0.495 e. The number of nitrogen functional groups attached to an aromatic ring is 1. The van der Waals surface area contributed by atoms with Crippen molar-refractivity contribution < 1.29 is 23.9 Å². The Morgan fingerprint density at radius 3 is 2.62 bits per heavy atom. The molecule has 0 aliphatic carbocycles. The summed E-state index contributed by atoms with van der Waals surface area (Å²) in [6.07, 6.45) is 3.51. The van der Waals surface area contributed by atoms with E-state index < -0.39 is 0 Å². The van der Waals surface area contributed by atoms with Crippen molar-refractivity contribution in [2.24, 2.45) is 0 Å². The summed E-state index contributed by atoms with van der Waals surface area (Å²) in [6, 6.07) is 15.7. The van der Waals surface area contributed by atoms with Gasteiger partial charge in [-0.15, -0.1) is 0 Å². The highest BCUT2D eigenvalue weighted by Crippen LogP contribution is 2.32. The van der Waals surface area contributed by atoms with Gasteiger partial charge in [0.15, 0.2) is 5.95 Å². The Bertz CT molecular complexity index is 1730. The van der Waals surface area contributed by atoms with Gasteiger partial charge < -0.3 is 40.1 Å². The molecule has 3 aromatic carbocycles. The van der Waals surface area contributed by atoms with Crippen LogP contribution in [0.1, 0.15) is 45.5 Å². The number of ether oxygens (including phenoxy) is 2. The molecular weight excluding hydrogens is 598 g/mol. The number of likely N-dealkylation sites (N-methyl/N-ethyl adjacent to an activating group) is 1. The highest BCUT2D eigenvalue weighted by molar-refractivity contribution is 6.13. The lowest BCUT2D eigenvalue weighted by atomic mass is 10.1. The summed E-state index contributed by atoms with van der Waals surface area (Å²) in [7, 11) is 5.28. The predicted molar refractivity (Wildman–Crippen MR) is 184 cm³/mol. The summed E-state index contributed by atoms with van der Waals surface area (Å²) in [5.74, 6) is 0.496. The molecule has 5 rings (SSSR count). The molecule has 1 fully saturated rings. The van der Waals surface area contributed by atoms with E-state index in [1.165, 1.54) is 7.11 Å². The number of nitrogens with two attached hydrogens (primary N) is 1. The standard InChI is InChI=1S/C35H43N7O5/c1-23-11-14-29(31(20-23)47-19-6-5-8-25(22-43)42-17-15-40(2)16-18-42)41(3)34(45)24-12-13-27(30(21-24)46-4)37-33(44)26-9-7-10-28-32(26)39-35(36)38-28/h7,9-14,20-22,25H,5-6,8,15-19H2,1-4H3,(H,37,44)(H3,36,38,39). The molecular formula is C35H43N7O5. The van der Waals surface area contributed by atoms with E-state index in [2.05, 4.69) is 32.1 Å². The van der Waals surface area contributed by atoms with Crippen molar-refractivity contribution in [3.63, 3.8) is 0 Å². The van der Waals surface area contributed by atoms with E-state index in [4.69, 9.17) is 15.2 Å². The number of benzene rings is 3. The van der Waals surface area contributed by atoms with Crippen LogP contribution in [0.3, 0.4) is 0 Å². The number of hydrogen-bond donors (Lipinski definition) is 3. The molecule has 0 radical (unpaired) electrons. The molecule has 1 saturated heterocycles. The Balaban J connectivity index is 1.22. The van der Waals surface area contributed by atoms with Crippen molar-refractivity contribution in [2.75, 3.05) is 69.9 Å². The van der Waals surface area contributed by atoms with Crippen LogP contribution in [0.5, 0.6) is 11.5 Å². The molecule has 0 spiro atoms. The maximum atomic E-state index is 13.7. The lowest BCUT2D eigenvalue weighted by Gasteiger charge is -2.35. The van der Waals surface area contributed by atoms with Gasteiger partial charge in [-0.1, -0.05) is 12.1 Å². The van der Waals surface area contributed by atoms with Crippen LogP contribution in [0.25, 0.3) is 11.0 Å². The molecule has 2 heterocycles. The summed E-state index contributed by atoms with van der Waals surface area (Å²) in [5, 5.41) is 2.86. The zero-order valence-electron chi connectivity index (χ0n) is 27.4. The fraction of sp³-hybridized carbons (Fsp3) is 0.371. The number of imidazole rings is 1. The van der Waals surface area contributed by atoms with E-state index in [1.54, 1.807) is 48.3 Å². The van der Waals surface area contributed by atoms with Crippen LogP contribution >= 0.6 is 0 Å². The summed E-state index contributed by atoms with van der Waals surface area (Å²) in [4.78, 5) is 51.8. The number of aldehydes is 1. The lowest BCUT2D eigenvalue weighted by Crippen LogP contribution is -2.49. The molecule has 248 valence electrons. The Morgan fingerprint density at radius 1 is 1.09 bits per heavy atom. The monoisotopic (exact) mass is 641 g/mol. The zero-order valence-corrected chi connectivity index (χ0v) is 27.4. The average molecular weight is 642 g/mol. The molecule has 0 saturated carbocycles. The van der Waals surface area contributed by atoms with E-state index in [-0.39, 0.29) is 23.8 Å². The summed E-state index contributed by atoms with van der Waals surface area (Å²) in [5.41, 5.74) is 9.67. The van der Waals surface area contributed by atoms with Crippen molar-refractivity contribution in [2.45, 2.75) is 32.2 Å². The van der Waals surface area contributed by atoms with Crippen LogP contribution in [-0.2, 0) is 4.79 Å². The first-order chi connectivity index (χ1) is 22.7. The molecule has 1 unspecified atom stereocenters. The van der Waals surface area contributed by atoms with Crippen LogP contribution < -0.4 is 25.4 Å². The number of para-hydroxylation sites is 1. The van der Waals surface area contributed by atoms with Crippen LogP contribution in [-0.4, -0.2) is 97.9 Å². The van der Waals surface area contributed by atoms with Crippen LogP contribution in [0.2, 0.25) is 0 Å². The smallest absolute Gasteiger partial charge is 0.258 e. The first kappa shape index (κ1) is 33.4. The minimum absolute atomic E-state index is 0.0661. The molecule has 1 aliphatic heterocycles. The topological polar surface area (TPSA) is 146 Å². The third-order valence-corrected chi connectivity index (χ3v) is 8.57. The molecule has 0 bridgehead atoms. The number of fused-ring (bicyclic) bond motifs is 1. The van der Waals surface area contributed by atoms with Crippen LogP contribution in [0.4, 0.5) is 17.3 Å². The van der Waals surface area contributed by atoms with E-state index in [0.717, 1.165) is 57.3 Å². The van der Waals surface area contributed by atoms with Crippen LogP contribution in [0.15, 0.2) is 54.6 Å². The van der Waals surface area contributed by atoms with Crippen molar-refractivity contribution >= 4 is 46.5 Å². The number of carbonyl (C=O) groups excluding carboxylic acids is 3. The Hall–Kier alpha value is -4.94. The number of aryl methyl sites for hydroxylation is 1. The van der Waals surface area contributed by atoms with Gasteiger partial charge in [0.2, 0.25) is 0 Å². The summed E-state index contributed by atoms with van der Waals surface area (Å²) in [6.45, 7) is 6.21. The summed E-state index contributed by atoms with van der Waals surface area (Å²) < 4.78 is 11.7. The van der Waals surface area contributed by atoms with Gasteiger partial charge in [0.05, 0.1) is 42.2 Å². The number of amides is 2. The number of piperazine rings is 1. The number of carbonyl (C=O) groups is 3. The third-order valence-electron chi connectivity index (χ3n) is 8.57. The molecule has 47 heavy (non-hydrogen) atoms.